The van der Waals surface area contributed by atoms with Gasteiger partial charge in [-0.2, -0.15) is 0 Å². The highest BCUT2D eigenvalue weighted by Crippen LogP contribution is 2.07. The molecule has 1 aromatic carbocycles. The van der Waals surface area contributed by atoms with Gasteiger partial charge in [-0.15, -0.1) is 0 Å². The molecule has 3 nitrogen and oxygen atoms in total. The fraction of sp³-hybridized carbons (Fsp3) is 0.273. The van der Waals surface area contributed by atoms with Gasteiger partial charge in [0.25, 0.3) is 5.56 Å². The Balaban J connectivity index is 0.000000461. The minimum atomic E-state index is -0.0833. The maximum Gasteiger partial charge on any atom is 0.258 e. The molecule has 0 fully saturated rings. The Kier molecular flexibility index (Phi) is 3.40. The highest BCUT2D eigenvalue weighted by atomic mass is 16.1. The first-order valence-corrected chi connectivity index (χ1v) is 4.71. The van der Waals surface area contributed by atoms with Crippen LogP contribution in [0.5, 0.6) is 0 Å². The quantitative estimate of drug-likeness (QED) is 0.692. The van der Waals surface area contributed by atoms with E-state index in [0.717, 1.165) is 11.1 Å². The lowest BCUT2D eigenvalue weighted by atomic mass is 10.2. The van der Waals surface area contributed by atoms with Crippen LogP contribution in [0.4, 0.5) is 0 Å². The van der Waals surface area contributed by atoms with E-state index in [0.29, 0.717) is 5.39 Å². The second-order valence-corrected chi connectivity index (χ2v) is 2.75. The number of nitrogens with one attached hydrogen (secondary N) is 1. The first kappa shape index (κ1) is 10.4. The molecule has 2 rings (SSSR count). The average molecular weight is 190 g/mol. The molecule has 74 valence electrons. The molecular formula is C11H14N2O. The molecule has 0 aliphatic rings. The summed E-state index contributed by atoms with van der Waals surface area (Å²) >= 11 is 0. The molecule has 0 saturated heterocycles. The van der Waals surface area contributed by atoms with Crippen LogP contribution in [-0.4, -0.2) is 9.97 Å². The molecule has 0 spiro atoms. The van der Waals surface area contributed by atoms with Gasteiger partial charge >= 0.3 is 0 Å². The summed E-state index contributed by atoms with van der Waals surface area (Å²) in [5.74, 6) is 0. The standard InChI is InChI=1S/C9H8N2O.C2H6/c1-6-2-3-7-8(4-6)10-5-11-9(7)12;1-2/h2-5H,1H3,(H,10,11,12);1-2H3. The molecule has 0 unspecified atom stereocenters. The van der Waals surface area contributed by atoms with E-state index >= 15 is 0 Å². The first-order chi connectivity index (χ1) is 6.77. The molecule has 14 heavy (non-hydrogen) atoms. The maximum atomic E-state index is 11.2. The van der Waals surface area contributed by atoms with Crippen LogP contribution in [0.25, 0.3) is 10.9 Å². The maximum absolute atomic E-state index is 11.2. The van der Waals surface area contributed by atoms with E-state index in [2.05, 4.69) is 9.97 Å². The number of aromatic amines is 1. The number of nitrogens with zero attached hydrogens (tertiary/aromatic N) is 1. The highest BCUT2D eigenvalue weighted by Gasteiger charge is 1.97. The summed E-state index contributed by atoms with van der Waals surface area (Å²) < 4.78 is 0. The number of fused-ring (bicyclic) bond motifs is 1. The summed E-state index contributed by atoms with van der Waals surface area (Å²) in [6.45, 7) is 5.97. The van der Waals surface area contributed by atoms with Crippen molar-refractivity contribution in [2.45, 2.75) is 20.8 Å². The second kappa shape index (κ2) is 4.56. The van der Waals surface area contributed by atoms with Crippen LogP contribution in [0.2, 0.25) is 0 Å². The van der Waals surface area contributed by atoms with Gasteiger partial charge in [0, 0.05) is 0 Å². The SMILES string of the molecule is CC.Cc1ccc2c(=O)[nH]cnc2c1. The van der Waals surface area contributed by atoms with E-state index in [-0.39, 0.29) is 5.56 Å². The molecule has 0 saturated carbocycles. The molecule has 1 aromatic heterocycles. The van der Waals surface area contributed by atoms with Crippen molar-refractivity contribution < 1.29 is 0 Å². The normalized spacial score (nSPS) is 9.36. The number of benzene rings is 1. The van der Waals surface area contributed by atoms with Gasteiger partial charge in [0.15, 0.2) is 0 Å². The number of aromatic nitrogens is 2. The van der Waals surface area contributed by atoms with Crippen LogP contribution in [-0.2, 0) is 0 Å². The molecule has 1 N–H and O–H groups in total. The smallest absolute Gasteiger partial charge is 0.258 e. The molecule has 0 atom stereocenters. The van der Waals surface area contributed by atoms with Gasteiger partial charge in [0.1, 0.15) is 0 Å². The lowest BCUT2D eigenvalue weighted by molar-refractivity contribution is 1.17. The van der Waals surface area contributed by atoms with E-state index in [9.17, 15) is 4.79 Å². The van der Waals surface area contributed by atoms with Crippen LogP contribution in [0.3, 0.4) is 0 Å². The van der Waals surface area contributed by atoms with Gasteiger partial charge in [-0.25, -0.2) is 4.98 Å². The number of hydrogen-bond donors (Lipinski definition) is 1. The second-order valence-electron chi connectivity index (χ2n) is 2.75. The highest BCUT2D eigenvalue weighted by molar-refractivity contribution is 5.77. The Hall–Kier alpha value is -1.64. The summed E-state index contributed by atoms with van der Waals surface area (Å²) in [4.78, 5) is 17.8. The fourth-order valence-corrected chi connectivity index (χ4v) is 1.18. The lowest BCUT2D eigenvalue weighted by Crippen LogP contribution is -2.05. The fourth-order valence-electron chi connectivity index (χ4n) is 1.18. The summed E-state index contributed by atoms with van der Waals surface area (Å²) in [7, 11) is 0. The Morgan fingerprint density at radius 1 is 1.29 bits per heavy atom. The molecule has 0 bridgehead atoms. The zero-order valence-electron chi connectivity index (χ0n) is 8.66. The third-order valence-electron chi connectivity index (χ3n) is 1.80. The zero-order valence-corrected chi connectivity index (χ0v) is 8.66. The van der Waals surface area contributed by atoms with Crippen molar-refractivity contribution in [3.63, 3.8) is 0 Å². The summed E-state index contributed by atoms with van der Waals surface area (Å²) in [6.07, 6.45) is 1.42. The van der Waals surface area contributed by atoms with Crippen LogP contribution < -0.4 is 5.56 Å². The minimum absolute atomic E-state index is 0.0833. The molecule has 3 heteroatoms. The Bertz CT molecular complexity index is 474. The van der Waals surface area contributed by atoms with Crippen molar-refractivity contribution in [1.29, 1.82) is 0 Å². The minimum Gasteiger partial charge on any atom is -0.313 e. The lowest BCUT2D eigenvalue weighted by Gasteiger charge is -1.95. The van der Waals surface area contributed by atoms with Crippen molar-refractivity contribution in [1.82, 2.24) is 9.97 Å². The Labute approximate surface area is 82.8 Å². The summed E-state index contributed by atoms with van der Waals surface area (Å²) in [5, 5.41) is 0.642. The van der Waals surface area contributed by atoms with Gasteiger partial charge in [-0.05, 0) is 24.6 Å². The van der Waals surface area contributed by atoms with E-state index in [1.807, 2.05) is 32.9 Å². The number of H-pyrrole nitrogens is 1. The molecule has 0 radical (unpaired) electrons. The van der Waals surface area contributed by atoms with Crippen LogP contribution in [0.15, 0.2) is 29.3 Å². The molecule has 0 aliphatic heterocycles. The summed E-state index contributed by atoms with van der Waals surface area (Å²) in [6, 6.07) is 5.58. The van der Waals surface area contributed by atoms with Crippen LogP contribution in [0, 0.1) is 6.92 Å². The van der Waals surface area contributed by atoms with Gasteiger partial charge in [0.2, 0.25) is 0 Å². The van der Waals surface area contributed by atoms with Crippen molar-refractivity contribution >= 4 is 10.9 Å². The van der Waals surface area contributed by atoms with Crippen molar-refractivity contribution in [3.8, 4) is 0 Å². The van der Waals surface area contributed by atoms with E-state index in [4.69, 9.17) is 0 Å². The van der Waals surface area contributed by atoms with Gasteiger partial charge in [-0.3, -0.25) is 4.79 Å². The van der Waals surface area contributed by atoms with Gasteiger partial charge in [0.05, 0.1) is 17.2 Å². The van der Waals surface area contributed by atoms with Gasteiger partial charge < -0.3 is 4.98 Å². The Morgan fingerprint density at radius 3 is 2.71 bits per heavy atom. The van der Waals surface area contributed by atoms with E-state index < -0.39 is 0 Å². The molecular weight excluding hydrogens is 176 g/mol. The predicted octanol–water partition coefficient (Wildman–Crippen LogP) is 2.26. The number of rotatable bonds is 0. The van der Waals surface area contributed by atoms with Gasteiger partial charge in [-0.1, -0.05) is 19.9 Å². The van der Waals surface area contributed by atoms with E-state index in [1.54, 1.807) is 6.07 Å². The molecule has 1 heterocycles. The van der Waals surface area contributed by atoms with Crippen LogP contribution >= 0.6 is 0 Å². The van der Waals surface area contributed by atoms with E-state index in [1.165, 1.54) is 6.33 Å². The molecule has 2 aromatic rings. The van der Waals surface area contributed by atoms with Crippen molar-refractivity contribution in [2.75, 3.05) is 0 Å². The molecule has 0 aliphatic carbocycles. The monoisotopic (exact) mass is 190 g/mol. The third kappa shape index (κ3) is 1.99. The zero-order chi connectivity index (χ0) is 10.6. The topological polar surface area (TPSA) is 45.8 Å². The average Bonchev–Trinajstić information content (AvgIpc) is 2.21. The van der Waals surface area contributed by atoms with Crippen molar-refractivity contribution in [3.05, 3.63) is 40.4 Å². The first-order valence-electron chi connectivity index (χ1n) is 4.71. The Morgan fingerprint density at radius 2 is 2.00 bits per heavy atom. The number of hydrogen-bond acceptors (Lipinski definition) is 2. The summed E-state index contributed by atoms with van der Waals surface area (Å²) in [5.41, 5.74) is 1.78. The van der Waals surface area contributed by atoms with Crippen LogP contribution in [0.1, 0.15) is 19.4 Å². The molecule has 0 amide bonds. The predicted molar refractivity (Wildman–Crippen MR) is 58.4 cm³/mol. The largest absolute Gasteiger partial charge is 0.313 e. The third-order valence-corrected chi connectivity index (χ3v) is 1.80. The number of aryl methyl sites for hydroxylation is 1. The van der Waals surface area contributed by atoms with Crippen molar-refractivity contribution in [2.24, 2.45) is 0 Å².